The van der Waals surface area contributed by atoms with Gasteiger partial charge in [-0.25, -0.2) is 4.98 Å². The number of aromatic nitrogens is 2. The highest BCUT2D eigenvalue weighted by Crippen LogP contribution is 2.29. The third-order valence-electron chi connectivity index (χ3n) is 5.24. The molecule has 1 aliphatic rings. The van der Waals surface area contributed by atoms with E-state index in [1.54, 1.807) is 0 Å². The van der Waals surface area contributed by atoms with Gasteiger partial charge in [0.25, 0.3) is 0 Å². The summed E-state index contributed by atoms with van der Waals surface area (Å²) in [5.74, 6) is 0. The van der Waals surface area contributed by atoms with Gasteiger partial charge in [-0.05, 0) is 23.1 Å². The number of nitrogens with one attached hydrogen (secondary N) is 1. The number of hydrogen-bond donors (Lipinski definition) is 1. The molecule has 4 nitrogen and oxygen atoms in total. The van der Waals surface area contributed by atoms with Gasteiger partial charge in [-0.3, -0.25) is 4.90 Å². The lowest BCUT2D eigenvalue weighted by Gasteiger charge is -2.27. The Hall–Kier alpha value is -2.17. The van der Waals surface area contributed by atoms with Crippen molar-refractivity contribution in [1.29, 1.82) is 0 Å². The van der Waals surface area contributed by atoms with Gasteiger partial charge in [0.15, 0.2) is 0 Å². The highest BCUT2D eigenvalue weighted by Gasteiger charge is 2.19. The highest BCUT2D eigenvalue weighted by molar-refractivity contribution is 5.67. The summed E-state index contributed by atoms with van der Waals surface area (Å²) in [6.45, 7) is 12.0. The van der Waals surface area contributed by atoms with Crippen LogP contribution in [0.15, 0.2) is 48.7 Å². The van der Waals surface area contributed by atoms with Gasteiger partial charge in [0.1, 0.15) is 5.65 Å². The van der Waals surface area contributed by atoms with Crippen LogP contribution in [0, 0.1) is 0 Å². The summed E-state index contributed by atoms with van der Waals surface area (Å²) in [5, 5.41) is 3.43. The molecule has 0 bridgehead atoms. The molecular formula is C22H28N4. The molecule has 3 heterocycles. The number of fused-ring (bicyclic) bond motifs is 1. The quantitative estimate of drug-likeness (QED) is 0.783. The minimum Gasteiger partial charge on any atom is -0.314 e. The number of nitrogens with zero attached hydrogens (tertiary/aromatic N) is 3. The maximum atomic E-state index is 4.96. The van der Waals surface area contributed by atoms with Crippen molar-refractivity contribution in [3.8, 4) is 11.3 Å². The van der Waals surface area contributed by atoms with Crippen molar-refractivity contribution in [1.82, 2.24) is 19.6 Å². The summed E-state index contributed by atoms with van der Waals surface area (Å²) in [5.41, 5.74) is 6.13. The summed E-state index contributed by atoms with van der Waals surface area (Å²) in [4.78, 5) is 7.47. The Labute approximate surface area is 155 Å². The third kappa shape index (κ3) is 3.39. The van der Waals surface area contributed by atoms with E-state index in [9.17, 15) is 0 Å². The molecule has 26 heavy (non-hydrogen) atoms. The Bertz CT molecular complexity index is 881. The predicted octanol–water partition coefficient (Wildman–Crippen LogP) is 3.70. The molecule has 0 atom stereocenters. The zero-order valence-corrected chi connectivity index (χ0v) is 16.0. The molecule has 0 aliphatic carbocycles. The van der Waals surface area contributed by atoms with Gasteiger partial charge in [0.05, 0.1) is 11.4 Å². The van der Waals surface area contributed by atoms with Gasteiger partial charge in [-0.2, -0.15) is 0 Å². The van der Waals surface area contributed by atoms with E-state index in [1.807, 2.05) is 0 Å². The van der Waals surface area contributed by atoms with E-state index in [4.69, 9.17) is 4.98 Å². The molecule has 136 valence electrons. The summed E-state index contributed by atoms with van der Waals surface area (Å²) < 4.78 is 2.25. The van der Waals surface area contributed by atoms with Crippen LogP contribution >= 0.6 is 0 Å². The van der Waals surface area contributed by atoms with Crippen molar-refractivity contribution < 1.29 is 0 Å². The van der Waals surface area contributed by atoms with E-state index in [1.165, 1.54) is 16.8 Å². The van der Waals surface area contributed by atoms with Crippen molar-refractivity contribution in [2.75, 3.05) is 26.2 Å². The molecule has 4 rings (SSSR count). The van der Waals surface area contributed by atoms with Gasteiger partial charge in [0, 0.05) is 44.5 Å². The minimum absolute atomic E-state index is 0.168. The molecule has 0 saturated carbocycles. The van der Waals surface area contributed by atoms with E-state index in [2.05, 4.69) is 84.1 Å². The Balaban J connectivity index is 1.75. The smallest absolute Gasteiger partial charge is 0.137 e. The van der Waals surface area contributed by atoms with Crippen LogP contribution in [0.1, 0.15) is 32.0 Å². The molecular weight excluding hydrogens is 320 g/mol. The monoisotopic (exact) mass is 348 g/mol. The van der Waals surface area contributed by atoms with Crippen molar-refractivity contribution in [3.63, 3.8) is 0 Å². The highest BCUT2D eigenvalue weighted by atomic mass is 15.2. The number of hydrogen-bond acceptors (Lipinski definition) is 3. The second-order valence-electron chi connectivity index (χ2n) is 8.19. The zero-order chi connectivity index (χ0) is 18.1. The largest absolute Gasteiger partial charge is 0.314 e. The molecule has 1 N–H and O–H groups in total. The standard InChI is InChI=1S/C22H28N4/c1-22(2,3)18-9-7-17(8-10-18)21-19(16-25-14-11-23-12-15-25)26-13-5-4-6-20(26)24-21/h4-10,13,23H,11-12,14-16H2,1-3H3. The Morgan fingerprint density at radius 3 is 2.42 bits per heavy atom. The van der Waals surface area contributed by atoms with Crippen LogP contribution in [-0.4, -0.2) is 40.5 Å². The van der Waals surface area contributed by atoms with Crippen LogP contribution in [0.5, 0.6) is 0 Å². The molecule has 2 aromatic heterocycles. The number of piperazine rings is 1. The fourth-order valence-electron chi connectivity index (χ4n) is 3.64. The number of imidazole rings is 1. The number of pyridine rings is 1. The average Bonchev–Trinajstić information content (AvgIpc) is 3.01. The molecule has 1 aliphatic heterocycles. The van der Waals surface area contributed by atoms with Crippen LogP contribution in [-0.2, 0) is 12.0 Å². The summed E-state index contributed by atoms with van der Waals surface area (Å²) in [7, 11) is 0. The second kappa shape index (κ2) is 6.86. The van der Waals surface area contributed by atoms with Crippen molar-refractivity contribution in [2.45, 2.75) is 32.7 Å². The molecule has 0 spiro atoms. The van der Waals surface area contributed by atoms with Gasteiger partial charge >= 0.3 is 0 Å². The molecule has 1 saturated heterocycles. The van der Waals surface area contributed by atoms with Crippen LogP contribution in [0.25, 0.3) is 16.9 Å². The summed E-state index contributed by atoms with van der Waals surface area (Å²) in [6.07, 6.45) is 2.13. The third-order valence-corrected chi connectivity index (χ3v) is 5.24. The second-order valence-corrected chi connectivity index (χ2v) is 8.19. The van der Waals surface area contributed by atoms with E-state index in [-0.39, 0.29) is 5.41 Å². The Morgan fingerprint density at radius 2 is 1.73 bits per heavy atom. The van der Waals surface area contributed by atoms with Crippen LogP contribution < -0.4 is 5.32 Å². The Kier molecular flexibility index (Phi) is 4.55. The maximum absolute atomic E-state index is 4.96. The van der Waals surface area contributed by atoms with E-state index in [0.29, 0.717) is 0 Å². The topological polar surface area (TPSA) is 32.6 Å². The average molecular weight is 348 g/mol. The first kappa shape index (κ1) is 17.3. The van der Waals surface area contributed by atoms with Gasteiger partial charge in [-0.15, -0.1) is 0 Å². The predicted molar refractivity (Wildman–Crippen MR) is 107 cm³/mol. The first-order chi connectivity index (χ1) is 12.5. The van der Waals surface area contributed by atoms with E-state index in [0.717, 1.165) is 44.1 Å². The fourth-order valence-corrected chi connectivity index (χ4v) is 3.64. The van der Waals surface area contributed by atoms with Crippen LogP contribution in [0.3, 0.4) is 0 Å². The van der Waals surface area contributed by atoms with Gasteiger partial charge in [0.2, 0.25) is 0 Å². The summed E-state index contributed by atoms with van der Waals surface area (Å²) in [6, 6.07) is 15.2. The Morgan fingerprint density at radius 1 is 1.00 bits per heavy atom. The van der Waals surface area contributed by atoms with E-state index < -0.39 is 0 Å². The molecule has 1 aromatic carbocycles. The van der Waals surface area contributed by atoms with Gasteiger partial charge in [-0.1, -0.05) is 51.1 Å². The van der Waals surface area contributed by atoms with Crippen LogP contribution in [0.4, 0.5) is 0 Å². The van der Waals surface area contributed by atoms with Crippen LogP contribution in [0.2, 0.25) is 0 Å². The van der Waals surface area contributed by atoms with Crippen molar-refractivity contribution in [3.05, 3.63) is 59.9 Å². The molecule has 4 heteroatoms. The number of benzene rings is 1. The SMILES string of the molecule is CC(C)(C)c1ccc(-c2nc3ccccn3c2CN2CCNCC2)cc1. The van der Waals surface area contributed by atoms with Gasteiger partial charge < -0.3 is 9.72 Å². The fraction of sp³-hybridized carbons (Fsp3) is 0.409. The summed E-state index contributed by atoms with van der Waals surface area (Å²) >= 11 is 0. The first-order valence-corrected chi connectivity index (χ1v) is 9.52. The molecule has 0 unspecified atom stereocenters. The molecule has 1 fully saturated rings. The first-order valence-electron chi connectivity index (χ1n) is 9.52. The minimum atomic E-state index is 0.168. The van der Waals surface area contributed by atoms with Crippen molar-refractivity contribution in [2.24, 2.45) is 0 Å². The lowest BCUT2D eigenvalue weighted by molar-refractivity contribution is 0.230. The zero-order valence-electron chi connectivity index (χ0n) is 16.0. The molecule has 0 amide bonds. The normalized spacial score (nSPS) is 16.3. The van der Waals surface area contributed by atoms with Crippen molar-refractivity contribution >= 4 is 5.65 Å². The number of rotatable bonds is 3. The van der Waals surface area contributed by atoms with E-state index >= 15 is 0 Å². The maximum Gasteiger partial charge on any atom is 0.137 e. The lowest BCUT2D eigenvalue weighted by Crippen LogP contribution is -2.43. The lowest BCUT2D eigenvalue weighted by atomic mass is 9.86. The molecule has 0 radical (unpaired) electrons. The molecule has 3 aromatic rings.